The molecule has 0 aliphatic heterocycles. The molecule has 3 aromatic rings. The van der Waals surface area contributed by atoms with Crippen LogP contribution >= 0.6 is 0 Å². The number of aromatic hydroxyl groups is 1. The van der Waals surface area contributed by atoms with Crippen LogP contribution in [0.15, 0.2) is 72.8 Å². The second kappa shape index (κ2) is 8.28. The highest BCUT2D eigenvalue weighted by atomic mass is 16.5. The summed E-state index contributed by atoms with van der Waals surface area (Å²) in [5.41, 5.74) is 4.71. The van der Waals surface area contributed by atoms with Crippen molar-refractivity contribution in [1.29, 1.82) is 0 Å². The van der Waals surface area contributed by atoms with E-state index < -0.39 is 11.6 Å². The van der Waals surface area contributed by atoms with Gasteiger partial charge in [0.2, 0.25) is 0 Å². The van der Waals surface area contributed by atoms with Crippen LogP contribution in [0.2, 0.25) is 0 Å². The minimum Gasteiger partial charge on any atom is -0.508 e. The van der Waals surface area contributed by atoms with Crippen molar-refractivity contribution in [2.75, 3.05) is 13.7 Å². The largest absolute Gasteiger partial charge is 0.508 e. The molecule has 6 nitrogen and oxygen atoms in total. The smallest absolute Gasteiger partial charge is 0.407 e. The van der Waals surface area contributed by atoms with Gasteiger partial charge >= 0.3 is 12.1 Å². The number of nitrogens with one attached hydrogen (secondary N) is 1. The van der Waals surface area contributed by atoms with Crippen LogP contribution in [0.1, 0.15) is 35.4 Å². The lowest BCUT2D eigenvalue weighted by atomic mass is 9.64. The van der Waals surface area contributed by atoms with Crippen LogP contribution in [-0.4, -0.2) is 30.9 Å². The van der Waals surface area contributed by atoms with Crippen molar-refractivity contribution >= 4 is 12.1 Å². The Balaban J connectivity index is 1.32. The van der Waals surface area contributed by atoms with Crippen molar-refractivity contribution in [3.8, 4) is 16.9 Å². The summed E-state index contributed by atoms with van der Waals surface area (Å²) >= 11 is 0. The van der Waals surface area contributed by atoms with E-state index in [1.165, 1.54) is 18.2 Å². The Bertz CT molecular complexity index is 1150. The number of ether oxygens (including phenoxy) is 2. The maximum Gasteiger partial charge on any atom is 0.407 e. The van der Waals surface area contributed by atoms with Gasteiger partial charge in [0.25, 0.3) is 0 Å². The Labute approximate surface area is 192 Å². The average Bonchev–Trinajstić information content (AvgIpc) is 3.13. The number of rotatable bonds is 5. The third-order valence-corrected chi connectivity index (χ3v) is 6.83. The zero-order valence-corrected chi connectivity index (χ0v) is 18.3. The zero-order valence-electron chi connectivity index (χ0n) is 18.3. The molecule has 0 atom stereocenters. The minimum absolute atomic E-state index is 0.0306. The lowest BCUT2D eigenvalue weighted by Gasteiger charge is -2.46. The van der Waals surface area contributed by atoms with Gasteiger partial charge < -0.3 is 19.9 Å². The number of phenolic OH excluding ortho intramolecular Hbond substituents is 1. The minimum atomic E-state index is -0.741. The molecule has 0 saturated heterocycles. The first-order valence-electron chi connectivity index (χ1n) is 11.0. The number of hydrogen-bond acceptors (Lipinski definition) is 5. The first kappa shape index (κ1) is 21.1. The van der Waals surface area contributed by atoms with Gasteiger partial charge in [-0.2, -0.15) is 0 Å². The highest BCUT2D eigenvalue weighted by Crippen LogP contribution is 2.47. The summed E-state index contributed by atoms with van der Waals surface area (Å²) in [6.07, 6.45) is 0.289. The fraction of sp³-hybridized carbons (Fsp3) is 0.259. The van der Waals surface area contributed by atoms with Crippen LogP contribution in [0.3, 0.4) is 0 Å². The van der Waals surface area contributed by atoms with Crippen molar-refractivity contribution < 1.29 is 24.2 Å². The number of methoxy groups -OCH3 is 1. The number of amides is 1. The number of benzene rings is 3. The molecular weight excluding hydrogens is 418 g/mol. The highest BCUT2D eigenvalue weighted by molar-refractivity contribution is 5.79. The molecule has 0 radical (unpaired) electrons. The van der Waals surface area contributed by atoms with Gasteiger partial charge in [-0.25, -0.2) is 4.79 Å². The Kier molecular flexibility index (Phi) is 5.29. The number of fused-ring (bicyclic) bond motifs is 3. The second-order valence-electron chi connectivity index (χ2n) is 8.71. The molecule has 0 spiro atoms. The lowest BCUT2D eigenvalue weighted by Crippen LogP contribution is -2.56. The van der Waals surface area contributed by atoms with E-state index in [9.17, 15) is 14.7 Å². The van der Waals surface area contributed by atoms with Gasteiger partial charge in [0.1, 0.15) is 12.4 Å². The van der Waals surface area contributed by atoms with Crippen molar-refractivity contribution in [2.45, 2.75) is 24.3 Å². The Morgan fingerprint density at radius 3 is 2.09 bits per heavy atom. The summed E-state index contributed by atoms with van der Waals surface area (Å²) < 4.78 is 10.6. The van der Waals surface area contributed by atoms with E-state index in [4.69, 9.17) is 9.47 Å². The second-order valence-corrected chi connectivity index (χ2v) is 8.71. The molecule has 5 rings (SSSR count). The summed E-state index contributed by atoms with van der Waals surface area (Å²) in [5.74, 6) is -0.479. The number of carbonyl (C=O) groups is 2. The van der Waals surface area contributed by atoms with E-state index in [2.05, 4.69) is 29.6 Å². The van der Waals surface area contributed by atoms with E-state index >= 15 is 0 Å². The van der Waals surface area contributed by atoms with E-state index in [1.54, 1.807) is 24.3 Å². The van der Waals surface area contributed by atoms with E-state index in [1.807, 2.05) is 24.3 Å². The topological polar surface area (TPSA) is 84.9 Å². The van der Waals surface area contributed by atoms with Crippen molar-refractivity contribution in [1.82, 2.24) is 5.32 Å². The molecule has 1 amide bonds. The predicted octanol–water partition coefficient (Wildman–Crippen LogP) is 4.71. The van der Waals surface area contributed by atoms with Crippen molar-refractivity contribution in [3.63, 3.8) is 0 Å². The van der Waals surface area contributed by atoms with Gasteiger partial charge in [0.15, 0.2) is 0 Å². The summed E-state index contributed by atoms with van der Waals surface area (Å²) in [5, 5.41) is 12.6. The molecule has 6 heteroatoms. The summed E-state index contributed by atoms with van der Waals surface area (Å²) in [7, 11) is 1.36. The summed E-state index contributed by atoms with van der Waals surface area (Å²) in [6, 6.07) is 23.0. The molecule has 1 saturated carbocycles. The number of phenols is 1. The summed E-state index contributed by atoms with van der Waals surface area (Å²) in [4.78, 5) is 24.9. The van der Waals surface area contributed by atoms with Gasteiger partial charge in [-0.05, 0) is 52.8 Å². The number of esters is 1. The molecule has 1 fully saturated rings. The van der Waals surface area contributed by atoms with Crippen LogP contribution in [-0.2, 0) is 19.8 Å². The van der Waals surface area contributed by atoms with Gasteiger partial charge in [-0.1, -0.05) is 60.7 Å². The number of hydrogen-bond donors (Lipinski definition) is 2. The van der Waals surface area contributed by atoms with Crippen molar-refractivity contribution in [3.05, 3.63) is 89.5 Å². The average molecular weight is 443 g/mol. The number of carbonyl (C=O) groups excluding carboxylic acids is 2. The molecule has 3 aromatic carbocycles. The first-order chi connectivity index (χ1) is 16.0. The third kappa shape index (κ3) is 3.71. The summed E-state index contributed by atoms with van der Waals surface area (Å²) in [6.45, 7) is 0.214. The normalized spacial score (nSPS) is 20.8. The Morgan fingerprint density at radius 1 is 0.939 bits per heavy atom. The molecule has 2 aliphatic carbocycles. The fourth-order valence-electron chi connectivity index (χ4n) is 5.14. The standard InChI is InChI=1S/C27H25NO5/c1-32-25(30)17-14-27(15-17,18-10-12-19(29)13-11-18)28-26(31)33-16-24-22-8-4-2-6-20(22)21-7-3-5-9-23(21)24/h2-13,17,24,29H,14-16H2,1H3,(H,28,31). The van der Waals surface area contributed by atoms with E-state index in [-0.39, 0.29) is 30.2 Å². The quantitative estimate of drug-likeness (QED) is 0.558. The molecular formula is C27H25NO5. The molecule has 0 unspecified atom stereocenters. The third-order valence-electron chi connectivity index (χ3n) is 6.83. The molecule has 0 heterocycles. The molecule has 168 valence electrons. The van der Waals surface area contributed by atoms with Gasteiger partial charge in [-0.3, -0.25) is 4.79 Å². The van der Waals surface area contributed by atoms with Gasteiger partial charge in [0.05, 0.1) is 18.6 Å². The van der Waals surface area contributed by atoms with Gasteiger partial charge in [-0.15, -0.1) is 0 Å². The van der Waals surface area contributed by atoms with Crippen LogP contribution in [0, 0.1) is 5.92 Å². The van der Waals surface area contributed by atoms with Crippen LogP contribution in [0.4, 0.5) is 4.79 Å². The van der Waals surface area contributed by atoms with Gasteiger partial charge in [0, 0.05) is 5.92 Å². The van der Waals surface area contributed by atoms with Crippen LogP contribution in [0.5, 0.6) is 5.75 Å². The van der Waals surface area contributed by atoms with E-state index in [0.29, 0.717) is 12.8 Å². The van der Waals surface area contributed by atoms with Crippen molar-refractivity contribution in [2.24, 2.45) is 5.92 Å². The maximum atomic E-state index is 12.9. The maximum absolute atomic E-state index is 12.9. The van der Waals surface area contributed by atoms with Crippen LogP contribution < -0.4 is 5.32 Å². The molecule has 2 N–H and O–H groups in total. The molecule has 33 heavy (non-hydrogen) atoms. The van der Waals surface area contributed by atoms with E-state index in [0.717, 1.165) is 16.7 Å². The predicted molar refractivity (Wildman–Crippen MR) is 123 cm³/mol. The Hall–Kier alpha value is -3.80. The monoisotopic (exact) mass is 443 g/mol. The zero-order chi connectivity index (χ0) is 23.0. The first-order valence-corrected chi connectivity index (χ1v) is 11.0. The number of alkyl carbamates (subject to hydrolysis) is 1. The fourth-order valence-corrected chi connectivity index (χ4v) is 5.14. The molecule has 2 aliphatic rings. The lowest BCUT2D eigenvalue weighted by molar-refractivity contribution is -0.151. The highest BCUT2D eigenvalue weighted by Gasteiger charge is 2.50. The Morgan fingerprint density at radius 2 is 1.52 bits per heavy atom. The SMILES string of the molecule is COC(=O)C1CC(NC(=O)OCC2c3ccccc3-c3ccccc32)(c2ccc(O)cc2)C1. The molecule has 0 aromatic heterocycles. The molecule has 0 bridgehead atoms. The van der Waals surface area contributed by atoms with Crippen LogP contribution in [0.25, 0.3) is 11.1 Å².